The maximum Gasteiger partial charge on any atom is 0.410 e. The van der Waals surface area contributed by atoms with Gasteiger partial charge in [0.05, 0.1) is 31.0 Å². The summed E-state index contributed by atoms with van der Waals surface area (Å²) in [4.78, 5) is 27.7. The van der Waals surface area contributed by atoms with Crippen LogP contribution in [0.5, 0.6) is 0 Å². The van der Waals surface area contributed by atoms with Crippen LogP contribution in [0.15, 0.2) is 0 Å². The molecule has 3 aliphatic heterocycles. The summed E-state index contributed by atoms with van der Waals surface area (Å²) in [5.74, 6) is 1.72. The lowest BCUT2D eigenvalue weighted by Gasteiger charge is -2.63. The molecule has 3 heterocycles. The lowest BCUT2D eigenvalue weighted by molar-refractivity contribution is -0.185. The Hall–Kier alpha value is -1.58. The highest BCUT2D eigenvalue weighted by Gasteiger charge is 2.84. The van der Waals surface area contributed by atoms with Crippen LogP contribution in [0.4, 0.5) is 9.59 Å². The Morgan fingerprint density at radius 3 is 2.38 bits per heavy atom. The van der Waals surface area contributed by atoms with E-state index in [4.69, 9.17) is 18.9 Å². The molecule has 2 amide bonds. The van der Waals surface area contributed by atoms with E-state index in [1.807, 2.05) is 0 Å². The van der Waals surface area contributed by atoms with Crippen LogP contribution in [0.3, 0.4) is 0 Å². The van der Waals surface area contributed by atoms with Gasteiger partial charge in [0.2, 0.25) is 0 Å². The predicted molar refractivity (Wildman–Crippen MR) is 180 cm³/mol. The molecule has 8 fully saturated rings. The van der Waals surface area contributed by atoms with Crippen molar-refractivity contribution in [3.8, 4) is 0 Å². The molecule has 9 heteroatoms. The number of hydrogen-bond donors (Lipinski definition) is 2. The molecule has 14 atom stereocenters. The zero-order chi connectivity index (χ0) is 34.0. The van der Waals surface area contributed by atoms with E-state index in [1.165, 1.54) is 12.8 Å². The average Bonchev–Trinajstić information content (AvgIpc) is 3.28. The second kappa shape index (κ2) is 11.2. The van der Waals surface area contributed by atoms with Crippen molar-refractivity contribution in [1.82, 2.24) is 10.2 Å². The lowest BCUT2D eigenvalue weighted by atomic mass is 9.41. The van der Waals surface area contributed by atoms with Crippen molar-refractivity contribution in [3.63, 3.8) is 0 Å². The number of rotatable bonds is 5. The van der Waals surface area contributed by atoms with E-state index in [-0.39, 0.29) is 81.6 Å². The van der Waals surface area contributed by atoms with E-state index in [0.29, 0.717) is 31.0 Å². The van der Waals surface area contributed by atoms with E-state index >= 15 is 0 Å². The highest BCUT2D eigenvalue weighted by molar-refractivity contribution is 5.69. The van der Waals surface area contributed by atoms with Gasteiger partial charge in [-0.05, 0) is 110 Å². The standard InChI is InChI=1S/C39H62N2O7/c1-22(2)30(48-34(44)41-16-8-17-41)25-19-23(3)29-31(46-25)32(42)37(7)27-10-9-26-35(4,5)28(47-33(43)40-24-12-18-45-20-24)11-13-38(26)21-39(27,38)15-14-36(29,37)6/h22-32,42H,8-21H2,1-7H3,(H,40,43)/t23-,24+,25-,26+,27+,28+,29+,30-,31+,32+,36-,37-,38-,39+/m1/s1. The highest BCUT2D eigenvalue weighted by Crippen LogP contribution is 2.89. The SMILES string of the molecule is CC(C)[C@@H](OC(=O)N1CCC1)[C@H]1C[C@@H](C)[C@H]2[C@H](O1)[C@H](O)[C@@]1(C)[C@@H]3CC[C@H]4C(C)(C)[C@@H](OC(=O)N[C@H]5CCOC5)CC[C@@]45C[C@@]35CC[C@]21C. The normalized spacial score (nSPS) is 50.5. The molecule has 0 radical (unpaired) electrons. The van der Waals surface area contributed by atoms with Gasteiger partial charge in [0, 0.05) is 30.5 Å². The summed E-state index contributed by atoms with van der Waals surface area (Å²) >= 11 is 0. The smallest absolute Gasteiger partial charge is 0.410 e. The molecule has 270 valence electrons. The number of ether oxygens (including phenoxy) is 4. The first-order valence-electron chi connectivity index (χ1n) is 19.5. The van der Waals surface area contributed by atoms with E-state index in [0.717, 1.165) is 64.5 Å². The molecule has 3 saturated heterocycles. The molecule has 8 aliphatic rings. The Morgan fingerprint density at radius 2 is 1.71 bits per heavy atom. The van der Waals surface area contributed by atoms with Crippen molar-refractivity contribution in [3.05, 3.63) is 0 Å². The first kappa shape index (κ1) is 33.6. The minimum absolute atomic E-state index is 0.0203. The molecule has 2 N–H and O–H groups in total. The third-order valence-corrected chi connectivity index (χ3v) is 16.6. The van der Waals surface area contributed by atoms with Gasteiger partial charge in [0.1, 0.15) is 12.2 Å². The third-order valence-electron chi connectivity index (χ3n) is 16.6. The largest absolute Gasteiger partial charge is 0.446 e. The van der Waals surface area contributed by atoms with E-state index in [2.05, 4.69) is 53.8 Å². The zero-order valence-electron chi connectivity index (χ0n) is 30.6. The molecular formula is C39H62N2O7. The number of likely N-dealkylation sites (tertiary alicyclic amines) is 1. The van der Waals surface area contributed by atoms with E-state index in [1.54, 1.807) is 4.90 Å². The number of alkyl carbamates (subject to hydrolysis) is 1. The minimum Gasteiger partial charge on any atom is -0.446 e. The first-order chi connectivity index (χ1) is 22.7. The quantitative estimate of drug-likeness (QED) is 0.342. The molecule has 2 spiro atoms. The van der Waals surface area contributed by atoms with Crippen molar-refractivity contribution in [2.45, 2.75) is 149 Å². The van der Waals surface area contributed by atoms with Gasteiger partial charge in [-0.2, -0.15) is 0 Å². The van der Waals surface area contributed by atoms with Crippen molar-refractivity contribution < 1.29 is 33.6 Å². The first-order valence-corrected chi connectivity index (χ1v) is 19.5. The predicted octanol–water partition coefficient (Wildman–Crippen LogP) is 6.55. The molecule has 0 bridgehead atoms. The average molecular weight is 671 g/mol. The third kappa shape index (κ3) is 4.43. The molecule has 0 unspecified atom stereocenters. The van der Waals surface area contributed by atoms with Crippen LogP contribution in [-0.4, -0.2) is 85.1 Å². The number of hydrogen-bond acceptors (Lipinski definition) is 7. The number of nitrogens with zero attached hydrogens (tertiary/aromatic N) is 1. The van der Waals surface area contributed by atoms with Crippen LogP contribution in [0.2, 0.25) is 0 Å². The van der Waals surface area contributed by atoms with Gasteiger partial charge in [-0.3, -0.25) is 0 Å². The molecular weight excluding hydrogens is 608 g/mol. The van der Waals surface area contributed by atoms with Crippen molar-refractivity contribution in [1.29, 1.82) is 0 Å². The summed E-state index contributed by atoms with van der Waals surface area (Å²) in [6.45, 7) is 19.0. The topological polar surface area (TPSA) is 107 Å². The number of carbonyl (C=O) groups excluding carboxylic acids is 2. The summed E-state index contributed by atoms with van der Waals surface area (Å²) < 4.78 is 24.8. The molecule has 0 aromatic rings. The van der Waals surface area contributed by atoms with Crippen LogP contribution in [0, 0.1) is 56.7 Å². The second-order valence-corrected chi connectivity index (χ2v) is 19.1. The lowest BCUT2D eigenvalue weighted by Crippen LogP contribution is -2.60. The maximum atomic E-state index is 13.0. The fourth-order valence-corrected chi connectivity index (χ4v) is 14.0. The maximum absolute atomic E-state index is 13.0. The fourth-order valence-electron chi connectivity index (χ4n) is 14.0. The number of amides is 2. The van der Waals surface area contributed by atoms with Crippen molar-refractivity contribution in [2.24, 2.45) is 56.7 Å². The van der Waals surface area contributed by atoms with E-state index in [9.17, 15) is 14.7 Å². The Kier molecular flexibility index (Phi) is 7.84. The number of nitrogens with one attached hydrogen (secondary N) is 1. The van der Waals surface area contributed by atoms with Gasteiger partial charge in [-0.15, -0.1) is 0 Å². The molecule has 9 nitrogen and oxygen atoms in total. The van der Waals surface area contributed by atoms with Crippen LogP contribution < -0.4 is 5.32 Å². The Balaban J connectivity index is 1.02. The summed E-state index contributed by atoms with van der Waals surface area (Å²) in [5, 5.41) is 15.7. The molecule has 5 aliphatic carbocycles. The monoisotopic (exact) mass is 670 g/mol. The Morgan fingerprint density at radius 1 is 0.979 bits per heavy atom. The van der Waals surface area contributed by atoms with Crippen LogP contribution in [-0.2, 0) is 18.9 Å². The fraction of sp³-hybridized carbons (Fsp3) is 0.949. The van der Waals surface area contributed by atoms with Gasteiger partial charge in [-0.1, -0.05) is 48.5 Å². The van der Waals surface area contributed by atoms with Crippen molar-refractivity contribution in [2.75, 3.05) is 26.3 Å². The van der Waals surface area contributed by atoms with Crippen LogP contribution in [0.25, 0.3) is 0 Å². The van der Waals surface area contributed by atoms with E-state index < -0.39 is 6.10 Å². The van der Waals surface area contributed by atoms with Crippen LogP contribution >= 0.6 is 0 Å². The Bertz CT molecular complexity index is 1300. The minimum atomic E-state index is -0.552. The second-order valence-electron chi connectivity index (χ2n) is 19.1. The summed E-state index contributed by atoms with van der Waals surface area (Å²) in [7, 11) is 0. The number of carbonyl (C=O) groups is 2. The molecule has 0 aromatic heterocycles. The number of fused-ring (bicyclic) bond motifs is 4. The van der Waals surface area contributed by atoms with Crippen molar-refractivity contribution >= 4 is 12.2 Å². The zero-order valence-corrected chi connectivity index (χ0v) is 30.6. The summed E-state index contributed by atoms with van der Waals surface area (Å²) in [5.41, 5.74) is 0.119. The summed E-state index contributed by atoms with van der Waals surface area (Å²) in [6.07, 6.45) is 8.62. The number of aliphatic hydroxyl groups excluding tert-OH is 1. The Labute approximate surface area is 287 Å². The molecule has 0 aromatic carbocycles. The van der Waals surface area contributed by atoms with Gasteiger partial charge in [0.25, 0.3) is 0 Å². The van der Waals surface area contributed by atoms with Crippen LogP contribution in [0.1, 0.15) is 113 Å². The van der Waals surface area contributed by atoms with Gasteiger partial charge in [-0.25, -0.2) is 9.59 Å². The van der Waals surface area contributed by atoms with Gasteiger partial charge < -0.3 is 34.3 Å². The number of aliphatic hydroxyl groups is 1. The molecule has 48 heavy (non-hydrogen) atoms. The molecule has 5 saturated carbocycles. The van der Waals surface area contributed by atoms with Gasteiger partial charge >= 0.3 is 12.2 Å². The highest BCUT2D eigenvalue weighted by atomic mass is 16.6. The van der Waals surface area contributed by atoms with Gasteiger partial charge in [0.15, 0.2) is 0 Å². The molecule has 8 rings (SSSR count). The summed E-state index contributed by atoms with van der Waals surface area (Å²) in [6, 6.07) is 0.0510.